The summed E-state index contributed by atoms with van der Waals surface area (Å²) in [6, 6.07) is 9.52. The number of rotatable bonds is 10. The molecular weight excluding hydrogens is 348 g/mol. The van der Waals surface area contributed by atoms with Gasteiger partial charge in [0.05, 0.1) is 0 Å². The fourth-order valence-corrected chi connectivity index (χ4v) is 2.46. The lowest BCUT2D eigenvalue weighted by Gasteiger charge is -2.16. The average molecular weight is 370 g/mol. The number of ether oxygens (including phenoxy) is 4. The van der Waals surface area contributed by atoms with Gasteiger partial charge in [0.25, 0.3) is 0 Å². The highest BCUT2D eigenvalue weighted by Crippen LogP contribution is 2.36. The van der Waals surface area contributed by atoms with Crippen LogP contribution in [0.5, 0.6) is 11.5 Å². The van der Waals surface area contributed by atoms with Crippen molar-refractivity contribution in [2.24, 2.45) is 0 Å². The number of hydrogen-bond acceptors (Lipinski definition) is 6. The molecule has 2 aromatic carbocycles. The Morgan fingerprint density at radius 1 is 0.889 bits per heavy atom. The maximum absolute atomic E-state index is 11.1. The van der Waals surface area contributed by atoms with Crippen LogP contribution in [-0.2, 0) is 19.1 Å². The summed E-state index contributed by atoms with van der Waals surface area (Å²) in [6.45, 7) is 9.30. The number of esters is 2. The zero-order valence-electron chi connectivity index (χ0n) is 15.2. The highest BCUT2D eigenvalue weighted by Gasteiger charge is 2.12. The fraction of sp³-hybridized carbons (Fsp3) is 0.238. The van der Waals surface area contributed by atoms with E-state index >= 15 is 0 Å². The van der Waals surface area contributed by atoms with E-state index in [0.29, 0.717) is 11.5 Å². The largest absolute Gasteiger partial charge is 0.489 e. The van der Waals surface area contributed by atoms with Crippen LogP contribution in [0.3, 0.4) is 0 Å². The third-order valence-electron chi connectivity index (χ3n) is 3.64. The first-order valence-electron chi connectivity index (χ1n) is 8.43. The van der Waals surface area contributed by atoms with E-state index in [-0.39, 0.29) is 26.4 Å². The summed E-state index contributed by atoms with van der Waals surface area (Å²) >= 11 is 0. The van der Waals surface area contributed by atoms with Gasteiger partial charge in [-0.1, -0.05) is 37.4 Å². The molecule has 0 N–H and O–H groups in total. The summed E-state index contributed by atoms with van der Waals surface area (Å²) in [7, 11) is 0. The Hall–Kier alpha value is -3.28. The van der Waals surface area contributed by atoms with Crippen molar-refractivity contribution in [3.63, 3.8) is 0 Å². The predicted molar refractivity (Wildman–Crippen MR) is 102 cm³/mol. The van der Waals surface area contributed by atoms with Crippen LogP contribution in [0.15, 0.2) is 55.6 Å². The van der Waals surface area contributed by atoms with E-state index in [4.69, 9.17) is 18.9 Å². The molecule has 0 aromatic heterocycles. The minimum atomic E-state index is -0.486. The molecule has 0 bridgehead atoms. The topological polar surface area (TPSA) is 71.1 Å². The Kier molecular flexibility index (Phi) is 7.43. The number of fused-ring (bicyclic) bond motifs is 1. The zero-order chi connectivity index (χ0) is 19.6. The van der Waals surface area contributed by atoms with Gasteiger partial charge in [0.15, 0.2) is 0 Å². The lowest BCUT2D eigenvalue weighted by atomic mass is 10.0. The Morgan fingerprint density at radius 3 is 2.04 bits per heavy atom. The van der Waals surface area contributed by atoms with Gasteiger partial charge in [-0.15, -0.1) is 0 Å². The number of benzene rings is 2. The number of aryl methyl sites for hydroxylation is 1. The third kappa shape index (κ3) is 5.60. The normalized spacial score (nSPS) is 10.1. The van der Waals surface area contributed by atoms with Gasteiger partial charge in [-0.25, -0.2) is 9.59 Å². The van der Waals surface area contributed by atoms with E-state index in [0.717, 1.165) is 28.5 Å². The predicted octanol–water partition coefficient (Wildman–Crippen LogP) is 3.36. The highest BCUT2D eigenvalue weighted by atomic mass is 16.6. The fourth-order valence-electron chi connectivity index (χ4n) is 2.46. The first kappa shape index (κ1) is 20.0. The molecule has 0 aliphatic rings. The SMILES string of the molecule is C=CC(=O)OCCOc1cc(C)c(OCCOC(=O)C=C)c2ccccc12. The van der Waals surface area contributed by atoms with Crippen LogP contribution in [0.25, 0.3) is 10.8 Å². The van der Waals surface area contributed by atoms with Crippen LogP contribution in [0, 0.1) is 6.92 Å². The van der Waals surface area contributed by atoms with E-state index in [1.54, 1.807) is 0 Å². The van der Waals surface area contributed by atoms with Gasteiger partial charge in [0.1, 0.15) is 37.9 Å². The lowest BCUT2D eigenvalue weighted by molar-refractivity contribution is -0.139. The summed E-state index contributed by atoms with van der Waals surface area (Å²) in [5, 5.41) is 1.75. The van der Waals surface area contributed by atoms with Gasteiger partial charge in [-0.05, 0) is 18.6 Å². The van der Waals surface area contributed by atoms with Crippen LogP contribution in [-0.4, -0.2) is 38.4 Å². The first-order valence-corrected chi connectivity index (χ1v) is 8.43. The molecule has 6 nitrogen and oxygen atoms in total. The van der Waals surface area contributed by atoms with Crippen LogP contribution in [0.1, 0.15) is 5.56 Å². The highest BCUT2D eigenvalue weighted by molar-refractivity contribution is 5.94. The third-order valence-corrected chi connectivity index (χ3v) is 3.64. The zero-order valence-corrected chi connectivity index (χ0v) is 15.2. The molecule has 0 aliphatic heterocycles. The van der Waals surface area contributed by atoms with Gasteiger partial charge < -0.3 is 18.9 Å². The van der Waals surface area contributed by atoms with Crippen molar-refractivity contribution in [2.45, 2.75) is 6.92 Å². The molecule has 0 saturated carbocycles. The molecular formula is C21H22O6. The summed E-state index contributed by atoms with van der Waals surface area (Å²) in [4.78, 5) is 22.2. The maximum atomic E-state index is 11.1. The Labute approximate surface area is 158 Å². The Balaban J connectivity index is 2.10. The molecule has 0 heterocycles. The van der Waals surface area contributed by atoms with Gasteiger partial charge in [-0.3, -0.25) is 0 Å². The molecule has 0 amide bonds. The first-order chi connectivity index (χ1) is 13.1. The van der Waals surface area contributed by atoms with E-state index in [9.17, 15) is 9.59 Å². The molecule has 0 atom stereocenters. The molecule has 0 radical (unpaired) electrons. The average Bonchev–Trinajstić information content (AvgIpc) is 2.69. The van der Waals surface area contributed by atoms with Crippen molar-refractivity contribution in [2.75, 3.05) is 26.4 Å². The van der Waals surface area contributed by atoms with E-state index in [1.807, 2.05) is 37.3 Å². The molecule has 0 aliphatic carbocycles. The minimum Gasteiger partial charge on any atom is -0.489 e. The van der Waals surface area contributed by atoms with Crippen LogP contribution < -0.4 is 9.47 Å². The standard InChI is InChI=1S/C21H22O6/c1-4-19(22)25-11-10-24-18-14-15(3)21(17-9-7-6-8-16(17)18)27-13-12-26-20(23)5-2/h4-9,14H,1-2,10-13H2,3H3. The van der Waals surface area contributed by atoms with Gasteiger partial charge in [0.2, 0.25) is 0 Å². The smallest absolute Gasteiger partial charge is 0.330 e. The number of carbonyl (C=O) groups is 2. The number of carbonyl (C=O) groups excluding carboxylic acids is 2. The van der Waals surface area contributed by atoms with Crippen molar-refractivity contribution in [1.29, 1.82) is 0 Å². The van der Waals surface area contributed by atoms with Crippen LogP contribution >= 0.6 is 0 Å². The monoisotopic (exact) mass is 370 g/mol. The lowest BCUT2D eigenvalue weighted by Crippen LogP contribution is -2.12. The molecule has 142 valence electrons. The molecule has 0 saturated heterocycles. The number of hydrogen-bond donors (Lipinski definition) is 0. The quantitative estimate of drug-likeness (QED) is 0.363. The molecule has 6 heteroatoms. The van der Waals surface area contributed by atoms with E-state index in [2.05, 4.69) is 13.2 Å². The molecule has 27 heavy (non-hydrogen) atoms. The van der Waals surface area contributed by atoms with Crippen LogP contribution in [0.2, 0.25) is 0 Å². The second kappa shape index (κ2) is 10.0. The second-order valence-corrected chi connectivity index (χ2v) is 5.51. The molecule has 0 spiro atoms. The van der Waals surface area contributed by atoms with Crippen molar-refractivity contribution < 1.29 is 28.5 Å². The summed E-state index contributed by atoms with van der Waals surface area (Å²) in [5.41, 5.74) is 0.877. The molecule has 0 unspecified atom stereocenters. The summed E-state index contributed by atoms with van der Waals surface area (Å²) in [6.07, 6.45) is 2.22. The maximum Gasteiger partial charge on any atom is 0.330 e. The van der Waals surface area contributed by atoms with E-state index < -0.39 is 11.9 Å². The van der Waals surface area contributed by atoms with Gasteiger partial charge in [-0.2, -0.15) is 0 Å². The molecule has 2 rings (SSSR count). The Morgan fingerprint density at radius 2 is 1.44 bits per heavy atom. The Bertz CT molecular complexity index is 840. The van der Waals surface area contributed by atoms with Crippen LogP contribution in [0.4, 0.5) is 0 Å². The van der Waals surface area contributed by atoms with E-state index in [1.165, 1.54) is 0 Å². The molecule has 0 fully saturated rings. The summed E-state index contributed by atoms with van der Waals surface area (Å²) < 4.78 is 21.4. The molecule has 2 aromatic rings. The van der Waals surface area contributed by atoms with Crippen molar-refractivity contribution in [1.82, 2.24) is 0 Å². The van der Waals surface area contributed by atoms with Crippen molar-refractivity contribution >= 4 is 22.7 Å². The van der Waals surface area contributed by atoms with Gasteiger partial charge >= 0.3 is 11.9 Å². The summed E-state index contributed by atoms with van der Waals surface area (Å²) in [5.74, 6) is 0.399. The van der Waals surface area contributed by atoms with Gasteiger partial charge in [0, 0.05) is 22.9 Å². The second-order valence-electron chi connectivity index (χ2n) is 5.51. The van der Waals surface area contributed by atoms with Crippen molar-refractivity contribution in [3.05, 3.63) is 61.2 Å². The minimum absolute atomic E-state index is 0.130. The van der Waals surface area contributed by atoms with Crippen molar-refractivity contribution in [3.8, 4) is 11.5 Å².